The van der Waals surface area contributed by atoms with Crippen LogP contribution in [0.1, 0.15) is 5.56 Å². The van der Waals surface area contributed by atoms with Crippen molar-refractivity contribution < 1.29 is 9.53 Å². The molecule has 27 heavy (non-hydrogen) atoms. The number of carbonyl (C=O) groups is 1. The lowest BCUT2D eigenvalue weighted by atomic mass is 9.98. The summed E-state index contributed by atoms with van der Waals surface area (Å²) in [5, 5.41) is 6.87. The van der Waals surface area contributed by atoms with E-state index in [4.69, 9.17) is 10.6 Å². The Morgan fingerprint density at radius 2 is 1.96 bits per heavy atom. The highest BCUT2D eigenvalue weighted by atomic mass is 16.5. The molecule has 0 spiro atoms. The first-order valence-corrected chi connectivity index (χ1v) is 9.20. The number of nitrogens with two attached hydrogens (primary N) is 1. The van der Waals surface area contributed by atoms with Crippen LogP contribution >= 0.6 is 0 Å². The molecule has 1 saturated heterocycles. The molecule has 2 aliphatic rings. The number of morpholine rings is 1. The van der Waals surface area contributed by atoms with Gasteiger partial charge in [-0.25, -0.2) is 15.6 Å². The average molecular weight is 364 g/mol. The van der Waals surface area contributed by atoms with E-state index >= 15 is 0 Å². The molecule has 0 aromatic heterocycles. The molecule has 2 aliphatic heterocycles. The van der Waals surface area contributed by atoms with Gasteiger partial charge >= 0.3 is 6.03 Å². The fraction of sp³-hybridized carbons (Fsp3) is 0.286. The van der Waals surface area contributed by atoms with Crippen molar-refractivity contribution in [3.05, 3.63) is 52.4 Å². The summed E-state index contributed by atoms with van der Waals surface area (Å²) in [6.45, 7) is 5.15. The van der Waals surface area contributed by atoms with Gasteiger partial charge in [-0.3, -0.25) is 0 Å². The lowest BCUT2D eigenvalue weighted by Gasteiger charge is -2.30. The van der Waals surface area contributed by atoms with Gasteiger partial charge in [0, 0.05) is 25.8 Å². The maximum Gasteiger partial charge on any atom is 0.339 e. The topological polar surface area (TPSA) is 70.8 Å². The summed E-state index contributed by atoms with van der Waals surface area (Å²) in [7, 11) is 0. The molecule has 2 heterocycles. The van der Waals surface area contributed by atoms with Crippen molar-refractivity contribution >= 4 is 24.0 Å². The number of rotatable bonds is 2. The van der Waals surface area contributed by atoms with Crippen LogP contribution in [0.5, 0.6) is 0 Å². The Morgan fingerprint density at radius 1 is 1.15 bits per heavy atom. The van der Waals surface area contributed by atoms with Crippen LogP contribution in [0.4, 0.5) is 10.5 Å². The molecule has 0 atom stereocenters. The number of carbonyl (C=O) groups excluding carboxylic acids is 1. The number of hydrazine groups is 1. The predicted octanol–water partition coefficient (Wildman–Crippen LogP) is 0.916. The lowest BCUT2D eigenvalue weighted by molar-refractivity contribution is 0.0548. The molecule has 140 valence electrons. The summed E-state index contributed by atoms with van der Waals surface area (Å²) in [4.78, 5) is 14.4. The molecule has 0 bridgehead atoms. The highest BCUT2D eigenvalue weighted by Gasteiger charge is 2.22. The largest absolute Gasteiger partial charge is 0.387 e. The molecular weight excluding hydrogens is 340 g/mol. The first-order chi connectivity index (χ1) is 13.1. The Hall–Kier alpha value is -2.83. The Balaban J connectivity index is 1.66. The summed E-state index contributed by atoms with van der Waals surface area (Å²) < 4.78 is 5.31. The molecule has 0 unspecified atom stereocenters. The third-order valence-electron chi connectivity index (χ3n) is 5.08. The van der Waals surface area contributed by atoms with E-state index in [0.29, 0.717) is 32.0 Å². The molecule has 0 saturated carbocycles. The van der Waals surface area contributed by atoms with E-state index in [0.717, 1.165) is 28.5 Å². The molecule has 0 aliphatic carbocycles. The van der Waals surface area contributed by atoms with Crippen LogP contribution in [0.15, 0.2) is 36.4 Å². The number of ether oxygens (including phenoxy) is 1. The second kappa shape index (κ2) is 7.42. The van der Waals surface area contributed by atoms with Gasteiger partial charge in [-0.15, -0.1) is 0 Å². The fourth-order valence-corrected chi connectivity index (χ4v) is 3.48. The lowest BCUT2D eigenvalue weighted by Crippen LogP contribution is -2.51. The predicted molar refractivity (Wildman–Crippen MR) is 107 cm³/mol. The minimum atomic E-state index is -0.203. The Morgan fingerprint density at radius 3 is 2.78 bits per heavy atom. The number of hydrogen-bond acceptors (Lipinski definition) is 4. The highest BCUT2D eigenvalue weighted by Crippen LogP contribution is 2.27. The molecular formula is C21H24N4O2. The van der Waals surface area contributed by atoms with Gasteiger partial charge in [-0.05, 0) is 52.3 Å². The van der Waals surface area contributed by atoms with Crippen molar-refractivity contribution in [1.82, 2.24) is 10.2 Å². The van der Waals surface area contributed by atoms with Gasteiger partial charge < -0.3 is 15.0 Å². The zero-order chi connectivity index (χ0) is 18.8. The number of aryl methyl sites for hydroxylation is 1. The number of amides is 2. The standard InChI is InChI=1S/C21H24N4O2/c1-15-2-5-19(25(22)21(26)24-8-10-27-11-9-24)13-20(15)17-4-3-16-6-7-23-14-18(16)12-17/h2-6,12-14,23H,7-11,22H2,1H3. The molecule has 2 amide bonds. The number of hydrogen-bond donors (Lipinski definition) is 2. The van der Waals surface area contributed by atoms with Gasteiger partial charge in [0.05, 0.1) is 18.9 Å². The molecule has 6 nitrogen and oxygen atoms in total. The zero-order valence-electron chi connectivity index (χ0n) is 15.4. The van der Waals surface area contributed by atoms with Gasteiger partial charge in [0.1, 0.15) is 0 Å². The van der Waals surface area contributed by atoms with Crippen molar-refractivity contribution in [2.75, 3.05) is 37.9 Å². The van der Waals surface area contributed by atoms with Gasteiger partial charge in [0.25, 0.3) is 0 Å². The molecule has 2 aromatic carbocycles. The van der Waals surface area contributed by atoms with Gasteiger partial charge in [-0.1, -0.05) is 24.3 Å². The quantitative estimate of drug-likeness (QED) is 0.472. The van der Waals surface area contributed by atoms with Crippen LogP contribution in [-0.2, 0) is 4.74 Å². The monoisotopic (exact) mass is 364 g/mol. The zero-order valence-corrected chi connectivity index (χ0v) is 15.4. The number of urea groups is 1. The Kier molecular flexibility index (Phi) is 4.83. The van der Waals surface area contributed by atoms with Crippen molar-refractivity contribution in [2.24, 2.45) is 5.84 Å². The van der Waals surface area contributed by atoms with E-state index in [2.05, 4.69) is 36.5 Å². The van der Waals surface area contributed by atoms with Crippen LogP contribution in [0, 0.1) is 6.92 Å². The van der Waals surface area contributed by atoms with Crippen molar-refractivity contribution in [3.63, 3.8) is 0 Å². The van der Waals surface area contributed by atoms with E-state index in [1.54, 1.807) is 4.90 Å². The van der Waals surface area contributed by atoms with E-state index in [1.165, 1.54) is 10.2 Å². The molecule has 2 aromatic rings. The van der Waals surface area contributed by atoms with E-state index in [1.807, 2.05) is 24.4 Å². The van der Waals surface area contributed by atoms with Crippen molar-refractivity contribution in [3.8, 4) is 11.1 Å². The molecule has 0 radical (unpaired) electrons. The maximum absolute atomic E-state index is 12.7. The van der Waals surface area contributed by atoms with Crippen LogP contribution < -0.4 is 26.6 Å². The van der Waals surface area contributed by atoms with E-state index < -0.39 is 0 Å². The molecule has 3 N–H and O–H groups in total. The number of fused-ring (bicyclic) bond motifs is 1. The summed E-state index contributed by atoms with van der Waals surface area (Å²) >= 11 is 0. The SMILES string of the molecule is Cc1ccc(N(N)C(=O)N2CCOCC2)cc1-c1ccc2c(c1)=CNCC=2. The highest BCUT2D eigenvalue weighted by molar-refractivity contribution is 5.92. The molecule has 6 heteroatoms. The van der Waals surface area contributed by atoms with Crippen LogP contribution in [0.3, 0.4) is 0 Å². The smallest absolute Gasteiger partial charge is 0.339 e. The molecule has 4 rings (SSSR count). The summed E-state index contributed by atoms with van der Waals surface area (Å²) in [6.07, 6.45) is 4.21. The van der Waals surface area contributed by atoms with Gasteiger partial charge in [-0.2, -0.15) is 0 Å². The Labute approximate surface area is 158 Å². The van der Waals surface area contributed by atoms with Gasteiger partial charge in [0.15, 0.2) is 0 Å². The summed E-state index contributed by atoms with van der Waals surface area (Å²) in [5.41, 5.74) is 3.99. The first kappa shape index (κ1) is 17.6. The van der Waals surface area contributed by atoms with Crippen molar-refractivity contribution in [2.45, 2.75) is 6.92 Å². The van der Waals surface area contributed by atoms with E-state index in [9.17, 15) is 4.79 Å². The minimum Gasteiger partial charge on any atom is -0.387 e. The number of nitrogens with one attached hydrogen (secondary N) is 1. The first-order valence-electron chi connectivity index (χ1n) is 9.20. The van der Waals surface area contributed by atoms with Crippen LogP contribution in [-0.4, -0.2) is 43.8 Å². The average Bonchev–Trinajstić information content (AvgIpc) is 2.73. The Bertz CT molecular complexity index is 980. The minimum absolute atomic E-state index is 0.203. The van der Waals surface area contributed by atoms with Crippen LogP contribution in [0.25, 0.3) is 23.4 Å². The second-order valence-electron chi connectivity index (χ2n) is 6.85. The maximum atomic E-state index is 12.7. The number of anilines is 1. The fourth-order valence-electron chi connectivity index (χ4n) is 3.48. The number of nitrogens with zero attached hydrogens (tertiary/aromatic N) is 2. The van der Waals surface area contributed by atoms with Crippen molar-refractivity contribution in [1.29, 1.82) is 0 Å². The van der Waals surface area contributed by atoms with Crippen LogP contribution in [0.2, 0.25) is 0 Å². The second-order valence-corrected chi connectivity index (χ2v) is 6.85. The molecule has 1 fully saturated rings. The van der Waals surface area contributed by atoms with Gasteiger partial charge in [0.2, 0.25) is 0 Å². The summed E-state index contributed by atoms with van der Waals surface area (Å²) in [5.74, 6) is 6.16. The summed E-state index contributed by atoms with van der Waals surface area (Å²) in [6, 6.07) is 12.1. The third kappa shape index (κ3) is 3.54. The van der Waals surface area contributed by atoms with E-state index in [-0.39, 0.29) is 6.03 Å². The third-order valence-corrected chi connectivity index (χ3v) is 5.08. The normalized spacial score (nSPS) is 15.9. The number of benzene rings is 2.